The van der Waals surface area contributed by atoms with Crippen molar-refractivity contribution in [2.45, 2.75) is 16.5 Å². The van der Waals surface area contributed by atoms with Crippen molar-refractivity contribution in [3.63, 3.8) is 0 Å². The summed E-state index contributed by atoms with van der Waals surface area (Å²) in [6.45, 7) is 4.18. The van der Waals surface area contributed by atoms with Crippen LogP contribution in [-0.4, -0.2) is 29.5 Å². The van der Waals surface area contributed by atoms with E-state index in [0.717, 1.165) is 11.3 Å². The Kier molecular flexibility index (Phi) is 7.32. The van der Waals surface area contributed by atoms with Gasteiger partial charge in [0, 0.05) is 0 Å². The fourth-order valence-electron chi connectivity index (χ4n) is 1.38. The molecule has 0 fully saturated rings. The summed E-state index contributed by atoms with van der Waals surface area (Å²) >= 11 is 16.6. The van der Waals surface area contributed by atoms with Gasteiger partial charge in [-0.2, -0.15) is 0 Å². The number of hydrogen-bond acceptors (Lipinski definition) is 4. The maximum atomic E-state index is 7.48. The third-order valence-corrected chi connectivity index (χ3v) is 3.01. The molecule has 0 aliphatic carbocycles. The van der Waals surface area contributed by atoms with Crippen LogP contribution < -0.4 is 4.74 Å². The van der Waals surface area contributed by atoms with Crippen molar-refractivity contribution >= 4 is 40.7 Å². The minimum atomic E-state index is -1.89. The molecular weight excluding hydrogens is 337 g/mol. The van der Waals surface area contributed by atoms with Crippen LogP contribution >= 0.6 is 34.8 Å². The van der Waals surface area contributed by atoms with E-state index in [9.17, 15) is 0 Å². The van der Waals surface area contributed by atoms with Crippen molar-refractivity contribution in [1.82, 2.24) is 0 Å². The number of ether oxygens (including phenoxy) is 3. The van der Waals surface area contributed by atoms with Crippen LogP contribution in [0.5, 0.6) is 5.75 Å². The quantitative estimate of drug-likeness (QED) is 0.347. The first-order chi connectivity index (χ1) is 9.86. The Bertz CT molecular complexity index is 471. The minimum absolute atomic E-state index is 0.193. The molecule has 1 aromatic rings. The second kappa shape index (κ2) is 8.49. The van der Waals surface area contributed by atoms with E-state index in [-0.39, 0.29) is 6.61 Å². The molecule has 1 N–H and O–H groups in total. The standard InChI is InChI=1S/C14H16Cl3NO3/c1-3-11(21-13(18)14(15,16)17)9-20-8-10-4-6-12(19-2)7-5-10/h3-7,11,18H,1,8-9H2,2H3. The lowest BCUT2D eigenvalue weighted by molar-refractivity contribution is 0.0548. The lowest BCUT2D eigenvalue weighted by Gasteiger charge is -2.19. The average Bonchev–Trinajstić information content (AvgIpc) is 2.45. The molecule has 0 aliphatic heterocycles. The third kappa shape index (κ3) is 6.57. The lowest BCUT2D eigenvalue weighted by Crippen LogP contribution is -2.28. The molecule has 1 atom stereocenters. The summed E-state index contributed by atoms with van der Waals surface area (Å²) < 4.78 is 13.8. The van der Waals surface area contributed by atoms with Crippen molar-refractivity contribution in [1.29, 1.82) is 5.41 Å². The van der Waals surface area contributed by atoms with Gasteiger partial charge in [-0.05, 0) is 23.8 Å². The second-order valence-electron chi connectivity index (χ2n) is 4.08. The first kappa shape index (κ1) is 18.1. The summed E-state index contributed by atoms with van der Waals surface area (Å²) in [5.74, 6) is 0.313. The van der Waals surface area contributed by atoms with Crippen LogP contribution in [0, 0.1) is 5.41 Å². The van der Waals surface area contributed by atoms with Gasteiger partial charge in [-0.25, -0.2) is 0 Å². The zero-order valence-corrected chi connectivity index (χ0v) is 13.7. The molecule has 0 aliphatic rings. The van der Waals surface area contributed by atoms with E-state index >= 15 is 0 Å². The first-order valence-electron chi connectivity index (χ1n) is 6.02. The Morgan fingerprint density at radius 2 is 1.95 bits per heavy atom. The summed E-state index contributed by atoms with van der Waals surface area (Å²) in [5, 5.41) is 7.48. The van der Waals surface area contributed by atoms with Gasteiger partial charge < -0.3 is 14.2 Å². The molecule has 7 heteroatoms. The van der Waals surface area contributed by atoms with Crippen LogP contribution in [0.4, 0.5) is 0 Å². The number of hydrogen-bond donors (Lipinski definition) is 1. The molecule has 0 aromatic heterocycles. The van der Waals surface area contributed by atoms with Gasteiger partial charge in [-0.15, -0.1) is 0 Å². The van der Waals surface area contributed by atoms with E-state index in [2.05, 4.69) is 6.58 Å². The number of benzene rings is 1. The molecular formula is C14H16Cl3NO3. The van der Waals surface area contributed by atoms with E-state index in [4.69, 9.17) is 54.4 Å². The summed E-state index contributed by atoms with van der Waals surface area (Å²) in [5.41, 5.74) is 0.982. The topological polar surface area (TPSA) is 51.5 Å². The molecule has 1 unspecified atom stereocenters. The summed E-state index contributed by atoms with van der Waals surface area (Å²) in [6.07, 6.45) is 0.922. The predicted molar refractivity (Wildman–Crippen MR) is 85.7 cm³/mol. The van der Waals surface area contributed by atoms with E-state index < -0.39 is 15.8 Å². The van der Waals surface area contributed by atoms with Crippen molar-refractivity contribution in [2.24, 2.45) is 0 Å². The van der Waals surface area contributed by atoms with E-state index in [1.807, 2.05) is 24.3 Å². The maximum Gasteiger partial charge on any atom is 0.265 e. The SMILES string of the molecule is C=CC(COCc1ccc(OC)cc1)OC(=N)C(Cl)(Cl)Cl. The zero-order chi connectivity index (χ0) is 15.9. The normalized spacial score (nSPS) is 12.6. The molecule has 0 heterocycles. The zero-order valence-electron chi connectivity index (χ0n) is 11.4. The first-order valence-corrected chi connectivity index (χ1v) is 7.16. The highest BCUT2D eigenvalue weighted by atomic mass is 35.6. The molecule has 4 nitrogen and oxygen atoms in total. The largest absolute Gasteiger partial charge is 0.497 e. The van der Waals surface area contributed by atoms with Crippen LogP contribution in [0.2, 0.25) is 0 Å². The van der Waals surface area contributed by atoms with Crippen LogP contribution in [0.25, 0.3) is 0 Å². The van der Waals surface area contributed by atoms with Crippen LogP contribution in [0.1, 0.15) is 5.56 Å². The van der Waals surface area contributed by atoms with Gasteiger partial charge in [-0.3, -0.25) is 5.41 Å². The summed E-state index contributed by atoms with van der Waals surface area (Å²) in [6, 6.07) is 7.48. The van der Waals surface area contributed by atoms with Crippen molar-refractivity contribution in [2.75, 3.05) is 13.7 Å². The highest BCUT2D eigenvalue weighted by molar-refractivity contribution is 6.76. The van der Waals surface area contributed by atoms with E-state index in [0.29, 0.717) is 6.61 Å². The number of halogens is 3. The highest BCUT2D eigenvalue weighted by Gasteiger charge is 2.30. The smallest absolute Gasteiger partial charge is 0.265 e. The number of alkyl halides is 3. The Hall–Kier alpha value is -0.940. The van der Waals surface area contributed by atoms with Gasteiger partial charge >= 0.3 is 0 Å². The number of methoxy groups -OCH3 is 1. The molecule has 0 saturated carbocycles. The minimum Gasteiger partial charge on any atom is -0.497 e. The van der Waals surface area contributed by atoms with E-state index in [1.54, 1.807) is 7.11 Å². The van der Waals surface area contributed by atoms with Gasteiger partial charge in [0.15, 0.2) is 0 Å². The molecule has 116 valence electrons. The van der Waals surface area contributed by atoms with Crippen LogP contribution in [0.3, 0.4) is 0 Å². The van der Waals surface area contributed by atoms with Crippen LogP contribution in [0.15, 0.2) is 36.9 Å². The number of rotatable bonds is 7. The molecule has 1 rings (SSSR count). The average molecular weight is 353 g/mol. The summed E-state index contributed by atoms with van der Waals surface area (Å²) in [4.78, 5) is 0. The molecule has 0 radical (unpaired) electrons. The predicted octanol–water partition coefficient (Wildman–Crippen LogP) is 4.13. The Morgan fingerprint density at radius 1 is 1.33 bits per heavy atom. The Balaban J connectivity index is 2.41. The molecule has 0 bridgehead atoms. The Morgan fingerprint density at radius 3 is 2.43 bits per heavy atom. The highest BCUT2D eigenvalue weighted by Crippen LogP contribution is 2.28. The monoisotopic (exact) mass is 351 g/mol. The molecule has 0 amide bonds. The molecule has 1 aromatic carbocycles. The van der Waals surface area contributed by atoms with Gasteiger partial charge in [0.1, 0.15) is 11.9 Å². The van der Waals surface area contributed by atoms with Gasteiger partial charge in [0.2, 0.25) is 5.90 Å². The summed E-state index contributed by atoms with van der Waals surface area (Å²) in [7, 11) is 1.61. The van der Waals surface area contributed by atoms with Gasteiger partial charge in [0.25, 0.3) is 3.79 Å². The number of nitrogens with one attached hydrogen (secondary N) is 1. The van der Waals surface area contributed by atoms with Gasteiger partial charge in [-0.1, -0.05) is 53.5 Å². The van der Waals surface area contributed by atoms with Crippen molar-refractivity contribution in [3.05, 3.63) is 42.5 Å². The van der Waals surface area contributed by atoms with E-state index in [1.165, 1.54) is 6.08 Å². The molecule has 0 saturated heterocycles. The van der Waals surface area contributed by atoms with Gasteiger partial charge in [0.05, 0.1) is 20.3 Å². The lowest BCUT2D eigenvalue weighted by atomic mass is 10.2. The van der Waals surface area contributed by atoms with Crippen LogP contribution in [-0.2, 0) is 16.1 Å². The molecule has 21 heavy (non-hydrogen) atoms. The second-order valence-corrected chi connectivity index (χ2v) is 6.36. The molecule has 0 spiro atoms. The Labute approximate surface area is 139 Å². The maximum absolute atomic E-state index is 7.48. The fraction of sp³-hybridized carbons (Fsp3) is 0.357. The van der Waals surface area contributed by atoms with Crippen molar-refractivity contribution < 1.29 is 14.2 Å². The van der Waals surface area contributed by atoms with Crippen molar-refractivity contribution in [3.8, 4) is 5.75 Å². The third-order valence-electron chi connectivity index (χ3n) is 2.50. The fourth-order valence-corrected chi connectivity index (χ4v) is 1.52.